The van der Waals surface area contributed by atoms with E-state index in [0.29, 0.717) is 5.92 Å². The van der Waals surface area contributed by atoms with E-state index >= 15 is 0 Å². The summed E-state index contributed by atoms with van der Waals surface area (Å²) in [6.07, 6.45) is -2.95. The minimum absolute atomic E-state index is 0.229. The van der Waals surface area contributed by atoms with Crippen LogP contribution in [0.25, 0.3) is 0 Å². The molecule has 0 amide bonds. The number of hydrogen-bond acceptors (Lipinski definition) is 1. The van der Waals surface area contributed by atoms with Gasteiger partial charge in [0.15, 0.2) is 0 Å². The van der Waals surface area contributed by atoms with Gasteiger partial charge in [0, 0.05) is 12.1 Å². The highest BCUT2D eigenvalue weighted by Gasteiger charge is 2.34. The highest BCUT2D eigenvalue weighted by atomic mass is 19.4. The maximum absolute atomic E-state index is 12.2. The molecule has 0 aliphatic heterocycles. The van der Waals surface area contributed by atoms with Crippen LogP contribution in [0.2, 0.25) is 0 Å². The fraction of sp³-hybridized carbons (Fsp3) is 0.571. The van der Waals surface area contributed by atoms with Gasteiger partial charge < -0.3 is 5.32 Å². The van der Waals surface area contributed by atoms with Crippen LogP contribution >= 0.6 is 0 Å². The third kappa shape index (κ3) is 3.73. The number of alkyl halides is 3. The van der Waals surface area contributed by atoms with Gasteiger partial charge in [0.2, 0.25) is 0 Å². The van der Waals surface area contributed by atoms with Crippen LogP contribution in [0.15, 0.2) is 30.3 Å². The summed E-state index contributed by atoms with van der Waals surface area (Å²) in [7, 11) is 0. The first-order valence-electron chi connectivity index (χ1n) is 6.32. The zero-order valence-electron chi connectivity index (χ0n) is 10.4. The molecule has 1 aromatic rings. The van der Waals surface area contributed by atoms with Crippen molar-refractivity contribution in [2.45, 2.75) is 50.4 Å². The summed E-state index contributed by atoms with van der Waals surface area (Å²) in [5.41, 5.74) is 1.29. The van der Waals surface area contributed by atoms with Crippen molar-refractivity contribution in [3.63, 3.8) is 0 Å². The van der Waals surface area contributed by atoms with Gasteiger partial charge in [-0.05, 0) is 31.2 Å². The van der Waals surface area contributed by atoms with E-state index in [0.717, 1.165) is 12.8 Å². The van der Waals surface area contributed by atoms with Crippen molar-refractivity contribution in [2.75, 3.05) is 0 Å². The average molecular weight is 257 g/mol. The van der Waals surface area contributed by atoms with Crippen molar-refractivity contribution in [2.24, 2.45) is 0 Å². The third-order valence-corrected chi connectivity index (χ3v) is 3.47. The van der Waals surface area contributed by atoms with Crippen molar-refractivity contribution in [1.82, 2.24) is 5.32 Å². The van der Waals surface area contributed by atoms with Crippen molar-refractivity contribution in [1.29, 1.82) is 0 Å². The molecule has 100 valence electrons. The molecule has 1 unspecified atom stereocenters. The van der Waals surface area contributed by atoms with Gasteiger partial charge in [-0.1, -0.05) is 30.3 Å². The predicted molar refractivity (Wildman–Crippen MR) is 65.5 cm³/mol. The Hall–Kier alpha value is -1.03. The van der Waals surface area contributed by atoms with Gasteiger partial charge in [-0.25, -0.2) is 0 Å². The van der Waals surface area contributed by atoms with Gasteiger partial charge in [0.05, 0.1) is 6.42 Å². The standard InChI is InChI=1S/C14H18F3N/c1-10(9-14(15,16)17)18-13-7-12(8-13)11-5-3-2-4-6-11/h2-6,10,12-13,18H,7-9H2,1H3. The first kappa shape index (κ1) is 13.4. The number of hydrogen-bond donors (Lipinski definition) is 1. The zero-order valence-corrected chi connectivity index (χ0v) is 10.4. The largest absolute Gasteiger partial charge is 0.390 e. The molecule has 2 rings (SSSR count). The molecule has 1 aliphatic carbocycles. The molecule has 18 heavy (non-hydrogen) atoms. The van der Waals surface area contributed by atoms with Gasteiger partial charge in [0.1, 0.15) is 0 Å². The Labute approximate surface area is 105 Å². The molecule has 1 N–H and O–H groups in total. The first-order valence-corrected chi connectivity index (χ1v) is 6.32. The molecule has 0 heterocycles. The van der Waals surface area contributed by atoms with Gasteiger partial charge in [-0.2, -0.15) is 13.2 Å². The van der Waals surface area contributed by atoms with Gasteiger partial charge >= 0.3 is 6.18 Å². The van der Waals surface area contributed by atoms with Crippen molar-refractivity contribution in [3.05, 3.63) is 35.9 Å². The summed E-state index contributed by atoms with van der Waals surface area (Å²) < 4.78 is 36.5. The molecule has 1 aliphatic rings. The Morgan fingerprint density at radius 2 is 1.83 bits per heavy atom. The van der Waals surface area contributed by atoms with E-state index in [4.69, 9.17) is 0 Å². The van der Waals surface area contributed by atoms with Crippen LogP contribution in [0.5, 0.6) is 0 Å². The second-order valence-corrected chi connectivity index (χ2v) is 5.16. The summed E-state index contributed by atoms with van der Waals surface area (Å²) in [6.45, 7) is 1.60. The van der Waals surface area contributed by atoms with Crippen LogP contribution in [0.4, 0.5) is 13.2 Å². The van der Waals surface area contributed by atoms with E-state index in [9.17, 15) is 13.2 Å². The SMILES string of the molecule is CC(CC(F)(F)F)NC1CC(c2ccccc2)C1. The molecule has 0 radical (unpaired) electrons. The van der Waals surface area contributed by atoms with E-state index in [1.807, 2.05) is 18.2 Å². The first-order chi connectivity index (χ1) is 8.44. The summed E-state index contributed by atoms with van der Waals surface area (Å²) in [6, 6.07) is 9.88. The van der Waals surface area contributed by atoms with E-state index in [1.165, 1.54) is 5.56 Å². The van der Waals surface area contributed by atoms with Crippen LogP contribution in [0.1, 0.15) is 37.7 Å². The smallest absolute Gasteiger partial charge is 0.311 e. The fourth-order valence-corrected chi connectivity index (χ4v) is 2.56. The van der Waals surface area contributed by atoms with Crippen LogP contribution in [0.3, 0.4) is 0 Å². The quantitative estimate of drug-likeness (QED) is 0.863. The normalized spacial score (nSPS) is 25.6. The van der Waals surface area contributed by atoms with Gasteiger partial charge in [0.25, 0.3) is 0 Å². The molecule has 0 saturated heterocycles. The van der Waals surface area contributed by atoms with E-state index in [-0.39, 0.29) is 6.04 Å². The van der Waals surface area contributed by atoms with Crippen LogP contribution < -0.4 is 5.32 Å². The second kappa shape index (κ2) is 5.31. The Kier molecular flexibility index (Phi) is 3.95. The molecule has 4 heteroatoms. The highest BCUT2D eigenvalue weighted by molar-refractivity contribution is 5.22. The summed E-state index contributed by atoms with van der Waals surface area (Å²) in [5, 5.41) is 3.05. The Bertz CT molecular complexity index is 368. The van der Waals surface area contributed by atoms with Crippen LogP contribution in [-0.2, 0) is 0 Å². The predicted octanol–water partition coefficient (Wildman–Crippen LogP) is 3.86. The van der Waals surface area contributed by atoms with Crippen molar-refractivity contribution < 1.29 is 13.2 Å². The maximum atomic E-state index is 12.2. The van der Waals surface area contributed by atoms with Crippen LogP contribution in [0, 0.1) is 0 Å². The molecular weight excluding hydrogens is 239 g/mol. The molecule has 1 fully saturated rings. The lowest BCUT2D eigenvalue weighted by atomic mass is 9.75. The lowest BCUT2D eigenvalue weighted by Gasteiger charge is -2.38. The molecule has 0 bridgehead atoms. The summed E-state index contributed by atoms with van der Waals surface area (Å²) in [4.78, 5) is 0. The van der Waals surface area contributed by atoms with Gasteiger partial charge in [-0.3, -0.25) is 0 Å². The molecule has 1 nitrogen and oxygen atoms in total. The van der Waals surface area contributed by atoms with Gasteiger partial charge in [-0.15, -0.1) is 0 Å². The summed E-state index contributed by atoms with van der Waals surface area (Å²) in [5.74, 6) is 0.502. The molecule has 1 aromatic carbocycles. The Balaban J connectivity index is 1.73. The lowest BCUT2D eigenvalue weighted by molar-refractivity contribution is -0.139. The zero-order chi connectivity index (χ0) is 13.2. The number of halogens is 3. The van der Waals surface area contributed by atoms with Crippen molar-refractivity contribution >= 4 is 0 Å². The number of nitrogens with one attached hydrogen (secondary N) is 1. The van der Waals surface area contributed by atoms with E-state index in [2.05, 4.69) is 17.4 Å². The van der Waals surface area contributed by atoms with E-state index in [1.54, 1.807) is 6.92 Å². The van der Waals surface area contributed by atoms with Crippen LogP contribution in [-0.4, -0.2) is 18.3 Å². The average Bonchev–Trinajstić information content (AvgIpc) is 2.21. The Morgan fingerprint density at radius 3 is 2.39 bits per heavy atom. The number of benzene rings is 1. The fourth-order valence-electron chi connectivity index (χ4n) is 2.56. The van der Waals surface area contributed by atoms with E-state index < -0.39 is 18.6 Å². The highest BCUT2D eigenvalue weighted by Crippen LogP contribution is 2.37. The third-order valence-electron chi connectivity index (χ3n) is 3.47. The topological polar surface area (TPSA) is 12.0 Å². The molecular formula is C14H18F3N. The monoisotopic (exact) mass is 257 g/mol. The lowest BCUT2D eigenvalue weighted by Crippen LogP contribution is -2.45. The Morgan fingerprint density at radius 1 is 1.22 bits per heavy atom. The second-order valence-electron chi connectivity index (χ2n) is 5.16. The molecule has 0 aromatic heterocycles. The van der Waals surface area contributed by atoms with Crippen molar-refractivity contribution in [3.8, 4) is 0 Å². The molecule has 1 atom stereocenters. The number of rotatable bonds is 4. The minimum Gasteiger partial charge on any atom is -0.311 e. The molecule has 0 spiro atoms. The summed E-state index contributed by atoms with van der Waals surface area (Å²) >= 11 is 0. The molecule has 1 saturated carbocycles. The minimum atomic E-state index is -4.07. The maximum Gasteiger partial charge on any atom is 0.390 e.